The molecule has 0 saturated carbocycles. The first-order chi connectivity index (χ1) is 12.5. The molecular formula is C17H20N6O3. The fraction of sp³-hybridized carbons (Fsp3) is 0.353. The highest BCUT2D eigenvalue weighted by molar-refractivity contribution is 5.96. The molecule has 0 spiro atoms. The molecule has 0 atom stereocenters. The number of nitrogens with zero attached hydrogens (tertiary/aromatic N) is 6. The molecule has 2 aromatic rings. The van der Waals surface area contributed by atoms with Gasteiger partial charge in [0.25, 0.3) is 11.6 Å². The minimum atomic E-state index is -0.460. The first-order valence-electron chi connectivity index (χ1n) is 8.23. The number of carbonyl (C=O) groups is 1. The number of piperazine rings is 1. The van der Waals surface area contributed by atoms with Crippen molar-refractivity contribution in [2.24, 2.45) is 0 Å². The molecule has 3 rings (SSSR count). The maximum Gasteiger partial charge on any atom is 0.293 e. The van der Waals surface area contributed by atoms with Gasteiger partial charge >= 0.3 is 0 Å². The molecule has 1 aromatic heterocycles. The van der Waals surface area contributed by atoms with Gasteiger partial charge in [-0.05, 0) is 12.1 Å². The highest BCUT2D eigenvalue weighted by atomic mass is 16.6. The molecular weight excluding hydrogens is 336 g/mol. The van der Waals surface area contributed by atoms with E-state index in [-0.39, 0.29) is 11.6 Å². The monoisotopic (exact) mass is 356 g/mol. The summed E-state index contributed by atoms with van der Waals surface area (Å²) in [6, 6.07) is 4.60. The third-order valence-corrected chi connectivity index (χ3v) is 4.34. The fourth-order valence-corrected chi connectivity index (χ4v) is 2.96. The van der Waals surface area contributed by atoms with Crippen LogP contribution in [0.2, 0.25) is 0 Å². The van der Waals surface area contributed by atoms with Gasteiger partial charge in [-0.2, -0.15) is 0 Å². The number of carbonyl (C=O) groups excluding carboxylic acids is 1. The van der Waals surface area contributed by atoms with Crippen molar-refractivity contribution in [3.8, 4) is 0 Å². The lowest BCUT2D eigenvalue weighted by Crippen LogP contribution is -2.49. The quantitative estimate of drug-likeness (QED) is 0.604. The van der Waals surface area contributed by atoms with Crippen LogP contribution < -0.4 is 9.80 Å². The minimum absolute atomic E-state index is 0.0703. The predicted octanol–water partition coefficient (Wildman–Crippen LogP) is 1.41. The average Bonchev–Trinajstić information content (AvgIpc) is 2.67. The van der Waals surface area contributed by atoms with Crippen LogP contribution in [-0.2, 0) is 0 Å². The van der Waals surface area contributed by atoms with Gasteiger partial charge in [-0.1, -0.05) is 0 Å². The van der Waals surface area contributed by atoms with E-state index in [0.717, 1.165) is 5.82 Å². The number of benzene rings is 1. The van der Waals surface area contributed by atoms with Gasteiger partial charge in [0, 0.05) is 64.3 Å². The maximum atomic E-state index is 12.7. The summed E-state index contributed by atoms with van der Waals surface area (Å²) in [7, 11) is 3.46. The Hall–Kier alpha value is -3.23. The van der Waals surface area contributed by atoms with E-state index < -0.39 is 4.92 Å². The Morgan fingerprint density at radius 1 is 1.19 bits per heavy atom. The molecule has 0 N–H and O–H groups in total. The Morgan fingerprint density at radius 3 is 2.50 bits per heavy atom. The second-order valence-electron chi connectivity index (χ2n) is 6.20. The molecule has 0 bridgehead atoms. The Balaban J connectivity index is 1.72. The molecule has 1 amide bonds. The van der Waals surface area contributed by atoms with Gasteiger partial charge in [0.2, 0.25) is 0 Å². The van der Waals surface area contributed by atoms with Crippen LogP contribution in [0.4, 0.5) is 17.2 Å². The third-order valence-electron chi connectivity index (χ3n) is 4.34. The second kappa shape index (κ2) is 7.34. The third kappa shape index (κ3) is 3.56. The standard InChI is InChI=1S/C17H20N6O3/c1-20(2)14-4-3-13(11-15(14)23(25)26)17(24)22-9-7-21(8-10-22)16-12-18-5-6-19-16/h3-6,11-12H,7-10H2,1-2H3. The van der Waals surface area contributed by atoms with Gasteiger partial charge in [-0.3, -0.25) is 19.9 Å². The van der Waals surface area contributed by atoms with E-state index in [1.807, 2.05) is 0 Å². The zero-order valence-corrected chi connectivity index (χ0v) is 14.7. The molecule has 2 heterocycles. The number of nitro benzene ring substituents is 1. The normalized spacial score (nSPS) is 14.2. The Bertz CT molecular complexity index is 803. The van der Waals surface area contributed by atoms with Gasteiger partial charge in [0.1, 0.15) is 11.5 Å². The molecule has 1 aromatic carbocycles. The van der Waals surface area contributed by atoms with Crippen molar-refractivity contribution >= 4 is 23.1 Å². The molecule has 1 aliphatic heterocycles. The molecule has 0 radical (unpaired) electrons. The number of amides is 1. The minimum Gasteiger partial charge on any atom is -0.372 e. The van der Waals surface area contributed by atoms with Crippen molar-refractivity contribution in [2.45, 2.75) is 0 Å². The van der Waals surface area contributed by atoms with Gasteiger partial charge in [-0.15, -0.1) is 0 Å². The lowest BCUT2D eigenvalue weighted by Gasteiger charge is -2.35. The summed E-state index contributed by atoms with van der Waals surface area (Å²) in [6.07, 6.45) is 4.95. The Morgan fingerprint density at radius 2 is 1.92 bits per heavy atom. The first kappa shape index (κ1) is 17.6. The van der Waals surface area contributed by atoms with Crippen molar-refractivity contribution in [3.63, 3.8) is 0 Å². The molecule has 26 heavy (non-hydrogen) atoms. The molecule has 9 heteroatoms. The van der Waals surface area contributed by atoms with Crippen LogP contribution in [-0.4, -0.2) is 66.0 Å². The van der Waals surface area contributed by atoms with Crippen molar-refractivity contribution in [2.75, 3.05) is 50.1 Å². The van der Waals surface area contributed by atoms with Crippen LogP contribution in [0.5, 0.6) is 0 Å². The summed E-state index contributed by atoms with van der Waals surface area (Å²) in [6.45, 7) is 2.34. The molecule has 0 unspecified atom stereocenters. The van der Waals surface area contributed by atoms with Crippen LogP contribution in [0.3, 0.4) is 0 Å². The molecule has 0 aliphatic carbocycles. The van der Waals surface area contributed by atoms with E-state index >= 15 is 0 Å². The summed E-state index contributed by atoms with van der Waals surface area (Å²) >= 11 is 0. The Kier molecular flexibility index (Phi) is 4.97. The van der Waals surface area contributed by atoms with E-state index in [0.29, 0.717) is 37.4 Å². The van der Waals surface area contributed by atoms with Gasteiger partial charge in [0.05, 0.1) is 11.1 Å². The van der Waals surface area contributed by atoms with Crippen molar-refractivity contribution < 1.29 is 9.72 Å². The van der Waals surface area contributed by atoms with E-state index in [9.17, 15) is 14.9 Å². The summed E-state index contributed by atoms with van der Waals surface area (Å²) in [5.41, 5.74) is 0.730. The molecule has 1 aliphatic rings. The Labute approximate surface area is 151 Å². The van der Waals surface area contributed by atoms with Crippen LogP contribution in [0.25, 0.3) is 0 Å². The zero-order chi connectivity index (χ0) is 18.7. The molecule has 136 valence electrons. The maximum absolute atomic E-state index is 12.7. The SMILES string of the molecule is CN(C)c1ccc(C(=O)N2CCN(c3cnccn3)CC2)cc1[N+](=O)[O-]. The number of hydrogen-bond acceptors (Lipinski definition) is 7. The summed E-state index contributed by atoms with van der Waals surface area (Å²) in [4.78, 5) is 37.4. The number of nitro groups is 1. The van der Waals surface area contributed by atoms with E-state index in [1.165, 1.54) is 6.07 Å². The van der Waals surface area contributed by atoms with Crippen LogP contribution >= 0.6 is 0 Å². The van der Waals surface area contributed by atoms with E-state index in [4.69, 9.17) is 0 Å². The highest BCUT2D eigenvalue weighted by Crippen LogP contribution is 2.28. The molecule has 1 fully saturated rings. The predicted molar refractivity (Wildman–Crippen MR) is 97.6 cm³/mol. The summed E-state index contributed by atoms with van der Waals surface area (Å²) in [5.74, 6) is 0.586. The van der Waals surface area contributed by atoms with Gasteiger partial charge in [-0.25, -0.2) is 4.98 Å². The summed E-state index contributed by atoms with van der Waals surface area (Å²) in [5, 5.41) is 11.3. The first-order valence-corrected chi connectivity index (χ1v) is 8.23. The highest BCUT2D eigenvalue weighted by Gasteiger charge is 2.25. The van der Waals surface area contributed by atoms with Crippen LogP contribution in [0, 0.1) is 10.1 Å². The van der Waals surface area contributed by atoms with Crippen molar-refractivity contribution in [1.82, 2.24) is 14.9 Å². The topological polar surface area (TPSA) is 95.7 Å². The zero-order valence-electron chi connectivity index (χ0n) is 14.7. The largest absolute Gasteiger partial charge is 0.372 e. The average molecular weight is 356 g/mol. The number of aromatic nitrogens is 2. The van der Waals surface area contributed by atoms with Gasteiger partial charge < -0.3 is 14.7 Å². The van der Waals surface area contributed by atoms with Gasteiger partial charge in [0.15, 0.2) is 0 Å². The molecule has 9 nitrogen and oxygen atoms in total. The lowest BCUT2D eigenvalue weighted by molar-refractivity contribution is -0.384. The smallest absolute Gasteiger partial charge is 0.293 e. The number of anilines is 2. The summed E-state index contributed by atoms with van der Waals surface area (Å²) < 4.78 is 0. The number of rotatable bonds is 4. The van der Waals surface area contributed by atoms with Crippen molar-refractivity contribution in [3.05, 3.63) is 52.5 Å². The fourth-order valence-electron chi connectivity index (χ4n) is 2.96. The lowest BCUT2D eigenvalue weighted by atomic mass is 10.1. The van der Waals surface area contributed by atoms with Crippen molar-refractivity contribution in [1.29, 1.82) is 0 Å². The van der Waals surface area contributed by atoms with Crippen LogP contribution in [0.1, 0.15) is 10.4 Å². The van der Waals surface area contributed by atoms with E-state index in [2.05, 4.69) is 14.9 Å². The van der Waals surface area contributed by atoms with E-state index in [1.54, 1.807) is 54.6 Å². The molecule has 1 saturated heterocycles. The number of hydrogen-bond donors (Lipinski definition) is 0. The van der Waals surface area contributed by atoms with Crippen LogP contribution in [0.15, 0.2) is 36.8 Å². The second-order valence-corrected chi connectivity index (χ2v) is 6.20.